The summed E-state index contributed by atoms with van der Waals surface area (Å²) in [6.07, 6.45) is 5.33. The van der Waals surface area contributed by atoms with E-state index in [-0.39, 0.29) is 12.0 Å². The molecule has 0 radical (unpaired) electrons. The Labute approximate surface area is 130 Å². The largest absolute Gasteiger partial charge is 0.468 e. The summed E-state index contributed by atoms with van der Waals surface area (Å²) in [5.41, 5.74) is -0.473. The molecule has 0 bridgehead atoms. The van der Waals surface area contributed by atoms with E-state index in [1.54, 1.807) is 0 Å². The molecule has 0 aromatic carbocycles. The number of hydrogen-bond donors (Lipinski definition) is 1. The zero-order valence-corrected chi connectivity index (χ0v) is 14.7. The van der Waals surface area contributed by atoms with Crippen LogP contribution in [0.4, 0.5) is 0 Å². The van der Waals surface area contributed by atoms with Crippen LogP contribution in [0, 0.1) is 5.92 Å². The van der Waals surface area contributed by atoms with Crippen molar-refractivity contribution in [2.24, 2.45) is 5.92 Å². The first-order chi connectivity index (χ1) is 9.87. The second-order valence-electron chi connectivity index (χ2n) is 6.88. The van der Waals surface area contributed by atoms with Gasteiger partial charge in [-0.1, -0.05) is 13.3 Å². The molecule has 4 nitrogen and oxygen atoms in total. The Bertz CT molecular complexity index is 333. The quantitative estimate of drug-likeness (QED) is 0.700. The minimum absolute atomic E-state index is 0.0788. The van der Waals surface area contributed by atoms with E-state index in [2.05, 4.69) is 45.0 Å². The summed E-state index contributed by atoms with van der Waals surface area (Å²) in [5, 5.41) is 3.53. The van der Waals surface area contributed by atoms with Gasteiger partial charge in [-0.2, -0.15) is 0 Å². The van der Waals surface area contributed by atoms with Crippen molar-refractivity contribution in [1.82, 2.24) is 10.2 Å². The van der Waals surface area contributed by atoms with Gasteiger partial charge < -0.3 is 9.64 Å². The van der Waals surface area contributed by atoms with Gasteiger partial charge in [0.05, 0.1) is 7.11 Å². The van der Waals surface area contributed by atoms with E-state index >= 15 is 0 Å². The molecular formula is C17H34N2O2. The maximum Gasteiger partial charge on any atom is 0.326 e. The first kappa shape index (κ1) is 18.4. The molecule has 1 aliphatic carbocycles. The number of rotatable bonds is 8. The van der Waals surface area contributed by atoms with Crippen molar-refractivity contribution in [3.63, 3.8) is 0 Å². The Hall–Kier alpha value is -0.610. The molecule has 1 rings (SSSR count). The number of carbonyl (C=O) groups excluding carboxylic acids is 1. The van der Waals surface area contributed by atoms with Gasteiger partial charge in [0.1, 0.15) is 5.54 Å². The van der Waals surface area contributed by atoms with Crippen LogP contribution in [0.15, 0.2) is 0 Å². The molecule has 1 fully saturated rings. The van der Waals surface area contributed by atoms with Crippen molar-refractivity contribution in [2.45, 2.75) is 77.4 Å². The highest BCUT2D eigenvalue weighted by atomic mass is 16.5. The Balaban J connectivity index is 2.75. The summed E-state index contributed by atoms with van der Waals surface area (Å²) >= 11 is 0. The minimum atomic E-state index is -0.473. The first-order valence-electron chi connectivity index (χ1n) is 8.43. The van der Waals surface area contributed by atoms with Crippen LogP contribution < -0.4 is 5.32 Å². The van der Waals surface area contributed by atoms with E-state index in [4.69, 9.17) is 4.74 Å². The predicted molar refractivity (Wildman–Crippen MR) is 87.4 cm³/mol. The lowest BCUT2D eigenvalue weighted by Crippen LogP contribution is -2.58. The smallest absolute Gasteiger partial charge is 0.326 e. The Morgan fingerprint density at radius 2 is 2.10 bits per heavy atom. The molecule has 3 unspecified atom stereocenters. The lowest BCUT2D eigenvalue weighted by atomic mass is 9.83. The second kappa shape index (κ2) is 8.14. The molecular weight excluding hydrogens is 264 g/mol. The van der Waals surface area contributed by atoms with Crippen molar-refractivity contribution in [3.8, 4) is 0 Å². The van der Waals surface area contributed by atoms with Crippen LogP contribution in [0.3, 0.4) is 0 Å². The van der Waals surface area contributed by atoms with Gasteiger partial charge >= 0.3 is 5.97 Å². The Morgan fingerprint density at radius 3 is 2.62 bits per heavy atom. The Morgan fingerprint density at radius 1 is 1.43 bits per heavy atom. The number of esters is 1. The van der Waals surface area contributed by atoms with E-state index in [0.29, 0.717) is 12.0 Å². The van der Waals surface area contributed by atoms with Crippen LogP contribution >= 0.6 is 0 Å². The molecule has 0 saturated heterocycles. The molecule has 0 spiro atoms. The summed E-state index contributed by atoms with van der Waals surface area (Å²) in [6, 6.07) is 0.883. The molecule has 0 aromatic rings. The SMILES string of the molecule is CCC(C)N(C)CCC1CCCC1(NC(C)C)C(=O)OC. The third-order valence-electron chi connectivity index (χ3n) is 5.09. The maximum absolute atomic E-state index is 12.4. The summed E-state index contributed by atoms with van der Waals surface area (Å²) in [7, 11) is 3.69. The number of ether oxygens (including phenoxy) is 1. The molecule has 0 heterocycles. The fourth-order valence-corrected chi connectivity index (χ4v) is 3.58. The molecule has 0 aromatic heterocycles. The van der Waals surface area contributed by atoms with Crippen molar-refractivity contribution >= 4 is 5.97 Å². The molecule has 0 aliphatic heterocycles. The van der Waals surface area contributed by atoms with Crippen molar-refractivity contribution in [3.05, 3.63) is 0 Å². The van der Waals surface area contributed by atoms with Gasteiger partial charge in [0.2, 0.25) is 0 Å². The van der Waals surface area contributed by atoms with Crippen LogP contribution in [0.2, 0.25) is 0 Å². The highest BCUT2D eigenvalue weighted by molar-refractivity contribution is 5.81. The van der Waals surface area contributed by atoms with Crippen molar-refractivity contribution in [1.29, 1.82) is 0 Å². The molecule has 1 N–H and O–H groups in total. The normalized spacial score (nSPS) is 27.3. The average Bonchev–Trinajstić information content (AvgIpc) is 2.85. The minimum Gasteiger partial charge on any atom is -0.468 e. The summed E-state index contributed by atoms with van der Waals surface area (Å²) in [6.45, 7) is 9.72. The number of nitrogens with zero attached hydrogens (tertiary/aromatic N) is 1. The number of methoxy groups -OCH3 is 1. The highest BCUT2D eigenvalue weighted by Crippen LogP contribution is 2.39. The maximum atomic E-state index is 12.4. The number of nitrogens with one attached hydrogen (secondary N) is 1. The standard InChI is InChI=1S/C17H34N2O2/c1-7-14(4)19(5)12-10-15-9-8-11-17(15,16(20)21-6)18-13(2)3/h13-15,18H,7-12H2,1-6H3. The van der Waals surface area contributed by atoms with E-state index in [1.807, 2.05) is 0 Å². The summed E-state index contributed by atoms with van der Waals surface area (Å²) in [4.78, 5) is 14.8. The molecule has 1 saturated carbocycles. The highest BCUT2D eigenvalue weighted by Gasteiger charge is 2.49. The third-order valence-corrected chi connectivity index (χ3v) is 5.09. The van der Waals surface area contributed by atoms with Gasteiger partial charge in [-0.3, -0.25) is 10.1 Å². The van der Waals surface area contributed by atoms with Crippen LogP contribution in [0.1, 0.15) is 59.8 Å². The van der Waals surface area contributed by atoms with Crippen LogP contribution in [-0.4, -0.2) is 49.2 Å². The molecule has 4 heteroatoms. The van der Waals surface area contributed by atoms with Crippen molar-refractivity contribution < 1.29 is 9.53 Å². The van der Waals surface area contributed by atoms with Crippen LogP contribution in [0.5, 0.6) is 0 Å². The lowest BCUT2D eigenvalue weighted by Gasteiger charge is -2.37. The number of carbonyl (C=O) groups is 1. The zero-order valence-electron chi connectivity index (χ0n) is 14.7. The molecule has 1 aliphatic rings. The van der Waals surface area contributed by atoms with Gasteiger partial charge in [0.15, 0.2) is 0 Å². The topological polar surface area (TPSA) is 41.6 Å². The fraction of sp³-hybridized carbons (Fsp3) is 0.941. The van der Waals surface area contributed by atoms with Crippen LogP contribution in [-0.2, 0) is 9.53 Å². The summed E-state index contributed by atoms with van der Waals surface area (Å²) in [5.74, 6) is 0.295. The van der Waals surface area contributed by atoms with Crippen LogP contribution in [0.25, 0.3) is 0 Å². The van der Waals surface area contributed by atoms with Gasteiger partial charge in [-0.05, 0) is 66.0 Å². The summed E-state index contributed by atoms with van der Waals surface area (Å²) < 4.78 is 5.13. The fourth-order valence-electron chi connectivity index (χ4n) is 3.58. The van der Waals surface area contributed by atoms with E-state index in [0.717, 1.165) is 38.6 Å². The molecule has 124 valence electrons. The predicted octanol–water partition coefficient (Wildman–Crippen LogP) is 2.82. The van der Waals surface area contributed by atoms with E-state index in [9.17, 15) is 4.79 Å². The molecule has 0 amide bonds. The number of hydrogen-bond acceptors (Lipinski definition) is 4. The Kier molecular flexibility index (Phi) is 7.14. The monoisotopic (exact) mass is 298 g/mol. The third kappa shape index (κ3) is 4.43. The van der Waals surface area contributed by atoms with Gasteiger partial charge in [0.25, 0.3) is 0 Å². The van der Waals surface area contributed by atoms with Gasteiger partial charge in [0, 0.05) is 12.1 Å². The molecule has 21 heavy (non-hydrogen) atoms. The van der Waals surface area contributed by atoms with E-state index < -0.39 is 5.54 Å². The molecule has 3 atom stereocenters. The lowest BCUT2D eigenvalue weighted by molar-refractivity contribution is -0.151. The first-order valence-corrected chi connectivity index (χ1v) is 8.43. The van der Waals surface area contributed by atoms with Gasteiger partial charge in [-0.15, -0.1) is 0 Å². The van der Waals surface area contributed by atoms with Gasteiger partial charge in [-0.25, -0.2) is 0 Å². The second-order valence-corrected chi connectivity index (χ2v) is 6.88. The zero-order chi connectivity index (χ0) is 16.0. The average molecular weight is 298 g/mol. The van der Waals surface area contributed by atoms with E-state index in [1.165, 1.54) is 7.11 Å². The van der Waals surface area contributed by atoms with Crippen molar-refractivity contribution in [2.75, 3.05) is 20.7 Å².